The molecule has 0 aliphatic carbocycles. The molecule has 1 unspecified atom stereocenters. The van der Waals surface area contributed by atoms with Crippen molar-refractivity contribution in [3.05, 3.63) is 77.4 Å². The van der Waals surface area contributed by atoms with Gasteiger partial charge < -0.3 is 19.4 Å². The average Bonchev–Trinajstić information content (AvgIpc) is 3.13. The smallest absolute Gasteiger partial charge is 0.225 e. The lowest BCUT2D eigenvalue weighted by molar-refractivity contribution is -0.121. The lowest BCUT2D eigenvalue weighted by Crippen LogP contribution is -2.32. The van der Waals surface area contributed by atoms with Crippen LogP contribution >= 0.6 is 0 Å². The Balaban J connectivity index is 1.91. The number of hydrogen-bond acceptors (Lipinski definition) is 4. The molecule has 146 valence electrons. The first-order valence-electron chi connectivity index (χ1n) is 9.05. The highest BCUT2D eigenvalue weighted by Gasteiger charge is 2.22. The number of carbonyl (C=O) groups is 1. The van der Waals surface area contributed by atoms with E-state index in [1.54, 1.807) is 26.5 Å². The van der Waals surface area contributed by atoms with E-state index in [1.165, 1.54) is 5.56 Å². The Labute approximate surface area is 165 Å². The number of aromatic nitrogens is 2. The van der Waals surface area contributed by atoms with Crippen LogP contribution in [0.5, 0.6) is 11.5 Å². The molecule has 0 bridgehead atoms. The minimum atomic E-state index is -0.429. The van der Waals surface area contributed by atoms with Crippen molar-refractivity contribution in [3.63, 3.8) is 0 Å². The molecule has 0 aliphatic heterocycles. The highest BCUT2D eigenvalue weighted by Crippen LogP contribution is 2.29. The van der Waals surface area contributed by atoms with Crippen molar-refractivity contribution in [2.75, 3.05) is 14.2 Å². The summed E-state index contributed by atoms with van der Waals surface area (Å²) in [7, 11) is 5.10. The fourth-order valence-corrected chi connectivity index (χ4v) is 3.05. The lowest BCUT2D eigenvalue weighted by atomic mass is 10.0. The molecule has 6 nitrogen and oxygen atoms in total. The fraction of sp³-hybridized carbons (Fsp3) is 0.273. The van der Waals surface area contributed by atoms with E-state index in [9.17, 15) is 4.79 Å². The first-order valence-corrected chi connectivity index (χ1v) is 9.05. The number of benzene rings is 2. The van der Waals surface area contributed by atoms with Crippen molar-refractivity contribution >= 4 is 5.91 Å². The molecule has 6 heteroatoms. The minimum absolute atomic E-state index is 0.0846. The summed E-state index contributed by atoms with van der Waals surface area (Å²) >= 11 is 0. The van der Waals surface area contributed by atoms with Gasteiger partial charge in [0.15, 0.2) is 0 Å². The molecule has 0 radical (unpaired) electrons. The van der Waals surface area contributed by atoms with Gasteiger partial charge in [0.25, 0.3) is 0 Å². The molecule has 0 saturated heterocycles. The van der Waals surface area contributed by atoms with Gasteiger partial charge in [-0.3, -0.25) is 4.79 Å². The zero-order valence-corrected chi connectivity index (χ0v) is 16.6. The maximum absolute atomic E-state index is 12.8. The van der Waals surface area contributed by atoms with E-state index in [1.807, 2.05) is 61.1 Å². The minimum Gasteiger partial charge on any atom is -0.497 e. The number of imidazole rings is 1. The van der Waals surface area contributed by atoms with Gasteiger partial charge in [0, 0.05) is 25.5 Å². The van der Waals surface area contributed by atoms with Gasteiger partial charge >= 0.3 is 0 Å². The molecule has 0 fully saturated rings. The lowest BCUT2D eigenvalue weighted by Gasteiger charge is -2.20. The first kappa shape index (κ1) is 19.5. The summed E-state index contributed by atoms with van der Waals surface area (Å²) in [5.74, 6) is 1.95. The second-order valence-electron chi connectivity index (χ2n) is 6.71. The Morgan fingerprint density at radius 2 is 1.75 bits per heavy atom. The van der Waals surface area contributed by atoms with Crippen LogP contribution in [-0.4, -0.2) is 29.7 Å². The van der Waals surface area contributed by atoms with Crippen molar-refractivity contribution in [1.29, 1.82) is 0 Å². The molecule has 0 aliphatic rings. The third-order valence-electron chi connectivity index (χ3n) is 4.61. The second-order valence-corrected chi connectivity index (χ2v) is 6.71. The Hall–Kier alpha value is -3.28. The predicted octanol–water partition coefficient (Wildman–Crippen LogP) is 3.19. The van der Waals surface area contributed by atoms with E-state index in [0.29, 0.717) is 17.9 Å². The van der Waals surface area contributed by atoms with Gasteiger partial charge in [-0.25, -0.2) is 4.98 Å². The molecule has 28 heavy (non-hydrogen) atoms. The van der Waals surface area contributed by atoms with Crippen molar-refractivity contribution in [1.82, 2.24) is 14.9 Å². The van der Waals surface area contributed by atoms with Gasteiger partial charge in [-0.1, -0.05) is 29.8 Å². The predicted molar refractivity (Wildman–Crippen MR) is 108 cm³/mol. The molecule has 1 aromatic heterocycles. The third kappa shape index (κ3) is 4.52. The van der Waals surface area contributed by atoms with Gasteiger partial charge in [0.05, 0.1) is 20.6 Å². The summed E-state index contributed by atoms with van der Waals surface area (Å²) in [6.07, 6.45) is 3.86. The van der Waals surface area contributed by atoms with Crippen molar-refractivity contribution in [2.45, 2.75) is 19.4 Å². The van der Waals surface area contributed by atoms with Crippen LogP contribution in [0.3, 0.4) is 0 Å². The van der Waals surface area contributed by atoms with Crippen LogP contribution in [0, 0.1) is 6.92 Å². The molecule has 0 spiro atoms. The molecule has 3 aromatic rings. The largest absolute Gasteiger partial charge is 0.497 e. The summed E-state index contributed by atoms with van der Waals surface area (Å²) in [6.45, 7) is 2.02. The Bertz CT molecular complexity index is 926. The topological polar surface area (TPSA) is 65.4 Å². The van der Waals surface area contributed by atoms with Crippen LogP contribution in [-0.2, 0) is 18.3 Å². The molecule has 1 atom stereocenters. The number of nitrogens with one attached hydrogen (secondary N) is 1. The monoisotopic (exact) mass is 379 g/mol. The van der Waals surface area contributed by atoms with Gasteiger partial charge in [0.2, 0.25) is 5.91 Å². The number of nitrogens with zero attached hydrogens (tertiary/aromatic N) is 2. The highest BCUT2D eigenvalue weighted by atomic mass is 16.5. The van der Waals surface area contributed by atoms with E-state index in [4.69, 9.17) is 9.47 Å². The van der Waals surface area contributed by atoms with E-state index in [2.05, 4.69) is 10.3 Å². The summed E-state index contributed by atoms with van der Waals surface area (Å²) in [5.41, 5.74) is 2.96. The van der Waals surface area contributed by atoms with Crippen LogP contribution < -0.4 is 14.8 Å². The summed E-state index contributed by atoms with van der Waals surface area (Å²) in [5, 5.41) is 3.11. The number of hydrogen-bond donors (Lipinski definition) is 1. The number of ether oxygens (including phenoxy) is 2. The Morgan fingerprint density at radius 1 is 1.11 bits per heavy atom. The van der Waals surface area contributed by atoms with Crippen molar-refractivity contribution in [3.8, 4) is 11.5 Å². The fourth-order valence-electron chi connectivity index (χ4n) is 3.05. The van der Waals surface area contributed by atoms with Gasteiger partial charge in [-0.05, 0) is 30.2 Å². The molecule has 2 aromatic carbocycles. The van der Waals surface area contributed by atoms with Crippen LogP contribution in [0.15, 0.2) is 54.9 Å². The quantitative estimate of drug-likeness (QED) is 0.685. The Morgan fingerprint density at radius 3 is 2.29 bits per heavy atom. The van der Waals surface area contributed by atoms with E-state index >= 15 is 0 Å². The standard InChI is InChI=1S/C22H25N3O3/c1-15-5-7-16(8-6-15)11-20(26)24-21(22-23-9-10-25(22)2)17-12-18(27-3)14-19(13-17)28-4/h5-10,12-14,21H,11H2,1-4H3,(H,24,26). The average molecular weight is 379 g/mol. The molecule has 3 rings (SSSR count). The van der Waals surface area contributed by atoms with Crippen molar-refractivity contribution in [2.24, 2.45) is 7.05 Å². The van der Waals surface area contributed by atoms with Gasteiger partial charge in [-0.2, -0.15) is 0 Å². The van der Waals surface area contributed by atoms with Crippen LogP contribution in [0.25, 0.3) is 0 Å². The SMILES string of the molecule is COc1cc(OC)cc(C(NC(=O)Cc2ccc(C)cc2)c2nccn2C)c1. The van der Waals surface area contributed by atoms with E-state index in [-0.39, 0.29) is 5.91 Å². The summed E-state index contributed by atoms with van der Waals surface area (Å²) in [4.78, 5) is 17.2. The molecular weight excluding hydrogens is 354 g/mol. The molecular formula is C22H25N3O3. The Kier molecular flexibility index (Phi) is 5.99. The maximum atomic E-state index is 12.8. The highest BCUT2D eigenvalue weighted by molar-refractivity contribution is 5.79. The molecule has 0 saturated carbocycles. The van der Waals surface area contributed by atoms with E-state index in [0.717, 1.165) is 17.0 Å². The third-order valence-corrected chi connectivity index (χ3v) is 4.61. The number of amides is 1. The van der Waals surface area contributed by atoms with Crippen LogP contribution in [0.4, 0.5) is 0 Å². The number of carbonyl (C=O) groups excluding carboxylic acids is 1. The van der Waals surface area contributed by atoms with E-state index < -0.39 is 6.04 Å². The first-order chi connectivity index (χ1) is 13.5. The van der Waals surface area contributed by atoms with Gasteiger partial charge in [0.1, 0.15) is 23.4 Å². The normalized spacial score (nSPS) is 11.7. The summed E-state index contributed by atoms with van der Waals surface area (Å²) in [6, 6.07) is 13.1. The number of methoxy groups -OCH3 is 2. The summed E-state index contributed by atoms with van der Waals surface area (Å²) < 4.78 is 12.7. The van der Waals surface area contributed by atoms with Crippen molar-refractivity contribution < 1.29 is 14.3 Å². The van der Waals surface area contributed by atoms with Crippen LogP contribution in [0.2, 0.25) is 0 Å². The zero-order chi connectivity index (χ0) is 20.1. The molecule has 1 amide bonds. The molecule has 1 N–H and O–H groups in total. The van der Waals surface area contributed by atoms with Gasteiger partial charge in [-0.15, -0.1) is 0 Å². The molecule has 1 heterocycles. The van der Waals surface area contributed by atoms with Crippen LogP contribution in [0.1, 0.15) is 28.6 Å². The number of rotatable bonds is 7. The second kappa shape index (κ2) is 8.61. The maximum Gasteiger partial charge on any atom is 0.225 e. The zero-order valence-electron chi connectivity index (χ0n) is 16.6. The number of aryl methyl sites for hydroxylation is 2.